The number of halogens is 1. The smallest absolute Gasteiger partial charge is 0.223 e. The van der Waals surface area contributed by atoms with Crippen LogP contribution in [0, 0.1) is 0 Å². The molecule has 2 heterocycles. The van der Waals surface area contributed by atoms with E-state index >= 15 is 0 Å². The van der Waals surface area contributed by atoms with E-state index in [0.717, 1.165) is 35.1 Å². The van der Waals surface area contributed by atoms with Crippen molar-refractivity contribution < 1.29 is 13.9 Å². The summed E-state index contributed by atoms with van der Waals surface area (Å²) in [4.78, 5) is 21.1. The summed E-state index contributed by atoms with van der Waals surface area (Å²) in [5.41, 5.74) is 2.00. The van der Waals surface area contributed by atoms with E-state index in [4.69, 9.17) is 20.8 Å². The van der Waals surface area contributed by atoms with Crippen LogP contribution in [0.3, 0.4) is 0 Å². The number of amides is 1. The predicted molar refractivity (Wildman–Crippen MR) is 117 cm³/mol. The Balaban J connectivity index is 1.29. The van der Waals surface area contributed by atoms with Gasteiger partial charge in [0.15, 0.2) is 11.7 Å². The molecule has 2 aromatic carbocycles. The minimum atomic E-state index is 0.127. The van der Waals surface area contributed by atoms with Gasteiger partial charge >= 0.3 is 0 Å². The Bertz CT molecular complexity index is 1010. The van der Waals surface area contributed by atoms with Crippen LogP contribution in [0.25, 0.3) is 11.3 Å². The van der Waals surface area contributed by atoms with E-state index in [1.807, 2.05) is 53.4 Å². The minimum absolute atomic E-state index is 0.127. The van der Waals surface area contributed by atoms with Crippen molar-refractivity contribution in [2.75, 3.05) is 38.2 Å². The SMILES string of the molecule is COc1cccc(-c2cnc(CCC(=O)N3CCN(c4cccc(Cl)c4)CC3)o2)c1. The molecule has 7 heteroatoms. The molecule has 1 aliphatic heterocycles. The van der Waals surface area contributed by atoms with E-state index in [0.29, 0.717) is 37.6 Å². The summed E-state index contributed by atoms with van der Waals surface area (Å²) in [5.74, 6) is 2.13. The molecule has 4 rings (SSSR count). The molecule has 156 valence electrons. The third-order valence-corrected chi connectivity index (χ3v) is 5.50. The Morgan fingerprint density at radius 2 is 1.93 bits per heavy atom. The predicted octanol–water partition coefficient (Wildman–Crippen LogP) is 4.29. The number of rotatable bonds is 6. The van der Waals surface area contributed by atoms with Crippen molar-refractivity contribution in [2.24, 2.45) is 0 Å². The third-order valence-electron chi connectivity index (χ3n) is 5.27. The molecule has 0 atom stereocenters. The fourth-order valence-electron chi connectivity index (χ4n) is 3.59. The normalized spacial score (nSPS) is 14.1. The van der Waals surface area contributed by atoms with Gasteiger partial charge in [-0.2, -0.15) is 0 Å². The molecule has 1 amide bonds. The van der Waals surface area contributed by atoms with Gasteiger partial charge in [-0.25, -0.2) is 4.98 Å². The van der Waals surface area contributed by atoms with Gasteiger partial charge < -0.3 is 19.0 Å². The lowest BCUT2D eigenvalue weighted by Gasteiger charge is -2.36. The van der Waals surface area contributed by atoms with Crippen LogP contribution in [0.2, 0.25) is 5.02 Å². The molecular weight excluding hydrogens is 402 g/mol. The number of hydrogen-bond acceptors (Lipinski definition) is 5. The summed E-state index contributed by atoms with van der Waals surface area (Å²) in [5, 5.41) is 0.727. The van der Waals surface area contributed by atoms with Crippen LogP contribution in [-0.4, -0.2) is 49.1 Å². The highest BCUT2D eigenvalue weighted by molar-refractivity contribution is 6.30. The number of hydrogen-bond donors (Lipinski definition) is 0. The van der Waals surface area contributed by atoms with Crippen LogP contribution in [0.1, 0.15) is 12.3 Å². The van der Waals surface area contributed by atoms with Crippen molar-refractivity contribution in [3.8, 4) is 17.1 Å². The number of carbonyl (C=O) groups is 1. The molecule has 0 bridgehead atoms. The summed E-state index contributed by atoms with van der Waals surface area (Å²) in [7, 11) is 1.63. The highest BCUT2D eigenvalue weighted by Crippen LogP contribution is 2.25. The number of carbonyl (C=O) groups excluding carboxylic acids is 1. The number of oxazole rings is 1. The van der Waals surface area contributed by atoms with Crippen LogP contribution in [0.15, 0.2) is 59.1 Å². The monoisotopic (exact) mass is 425 g/mol. The van der Waals surface area contributed by atoms with Gasteiger partial charge in [0.2, 0.25) is 5.91 Å². The largest absolute Gasteiger partial charge is 0.497 e. The number of aryl methyl sites for hydroxylation is 1. The first kappa shape index (κ1) is 20.3. The highest BCUT2D eigenvalue weighted by atomic mass is 35.5. The van der Waals surface area contributed by atoms with Gasteiger partial charge in [0.05, 0.1) is 13.3 Å². The second kappa shape index (κ2) is 9.22. The first-order valence-corrected chi connectivity index (χ1v) is 10.4. The molecule has 0 N–H and O–H groups in total. The summed E-state index contributed by atoms with van der Waals surface area (Å²) >= 11 is 6.09. The Hall–Kier alpha value is -2.99. The first-order valence-electron chi connectivity index (χ1n) is 10.00. The standard InChI is InChI=1S/C23H24ClN3O3/c1-29-20-7-2-4-17(14-20)21-16-25-22(30-21)8-9-23(28)27-12-10-26(11-13-27)19-6-3-5-18(24)15-19/h2-7,14-16H,8-13H2,1H3. The minimum Gasteiger partial charge on any atom is -0.497 e. The molecule has 0 unspecified atom stereocenters. The Labute approximate surface area is 181 Å². The molecule has 30 heavy (non-hydrogen) atoms. The zero-order chi connectivity index (χ0) is 20.9. The van der Waals surface area contributed by atoms with E-state index < -0.39 is 0 Å². The van der Waals surface area contributed by atoms with Gasteiger partial charge in [0, 0.05) is 55.3 Å². The fraction of sp³-hybridized carbons (Fsp3) is 0.304. The van der Waals surface area contributed by atoms with E-state index in [-0.39, 0.29) is 5.91 Å². The average molecular weight is 426 g/mol. The van der Waals surface area contributed by atoms with Gasteiger partial charge in [-0.05, 0) is 30.3 Å². The molecule has 0 aliphatic carbocycles. The highest BCUT2D eigenvalue weighted by Gasteiger charge is 2.21. The molecule has 3 aromatic rings. The molecule has 1 fully saturated rings. The number of piperazine rings is 1. The molecule has 1 aliphatic rings. The average Bonchev–Trinajstić information content (AvgIpc) is 3.27. The quantitative estimate of drug-likeness (QED) is 0.589. The number of benzene rings is 2. The maximum atomic E-state index is 12.6. The molecule has 6 nitrogen and oxygen atoms in total. The number of methoxy groups -OCH3 is 1. The molecule has 0 spiro atoms. The molecule has 1 aromatic heterocycles. The topological polar surface area (TPSA) is 58.8 Å². The van der Waals surface area contributed by atoms with Crippen molar-refractivity contribution in [1.82, 2.24) is 9.88 Å². The van der Waals surface area contributed by atoms with Crippen LogP contribution < -0.4 is 9.64 Å². The number of aromatic nitrogens is 1. The van der Waals surface area contributed by atoms with E-state index in [1.54, 1.807) is 13.3 Å². The van der Waals surface area contributed by atoms with E-state index in [2.05, 4.69) is 9.88 Å². The summed E-state index contributed by atoms with van der Waals surface area (Å²) in [6, 6.07) is 15.5. The lowest BCUT2D eigenvalue weighted by molar-refractivity contribution is -0.131. The maximum absolute atomic E-state index is 12.6. The van der Waals surface area contributed by atoms with Crippen molar-refractivity contribution in [3.05, 3.63) is 65.6 Å². The molecule has 0 saturated carbocycles. The van der Waals surface area contributed by atoms with Crippen LogP contribution >= 0.6 is 11.6 Å². The zero-order valence-electron chi connectivity index (χ0n) is 16.9. The Morgan fingerprint density at radius 1 is 1.13 bits per heavy atom. The summed E-state index contributed by atoms with van der Waals surface area (Å²) in [6.45, 7) is 2.99. The second-order valence-corrected chi connectivity index (χ2v) is 7.63. The lowest BCUT2D eigenvalue weighted by Crippen LogP contribution is -2.48. The number of nitrogens with zero attached hydrogens (tertiary/aromatic N) is 3. The van der Waals surface area contributed by atoms with Crippen LogP contribution in [-0.2, 0) is 11.2 Å². The van der Waals surface area contributed by atoms with Crippen LogP contribution in [0.4, 0.5) is 5.69 Å². The van der Waals surface area contributed by atoms with Gasteiger partial charge in [-0.1, -0.05) is 29.8 Å². The van der Waals surface area contributed by atoms with Gasteiger partial charge in [-0.3, -0.25) is 4.79 Å². The van der Waals surface area contributed by atoms with E-state index in [1.165, 1.54) is 0 Å². The van der Waals surface area contributed by atoms with Crippen molar-refractivity contribution >= 4 is 23.2 Å². The second-order valence-electron chi connectivity index (χ2n) is 7.20. The molecule has 0 radical (unpaired) electrons. The lowest BCUT2D eigenvalue weighted by atomic mass is 10.2. The zero-order valence-corrected chi connectivity index (χ0v) is 17.6. The summed E-state index contributed by atoms with van der Waals surface area (Å²) < 4.78 is 11.1. The number of anilines is 1. The van der Waals surface area contributed by atoms with Crippen molar-refractivity contribution in [2.45, 2.75) is 12.8 Å². The Kier molecular flexibility index (Phi) is 6.23. The van der Waals surface area contributed by atoms with Gasteiger partial charge in [0.25, 0.3) is 0 Å². The molecule has 1 saturated heterocycles. The van der Waals surface area contributed by atoms with Crippen molar-refractivity contribution in [3.63, 3.8) is 0 Å². The first-order chi connectivity index (χ1) is 14.6. The van der Waals surface area contributed by atoms with Gasteiger partial charge in [0.1, 0.15) is 5.75 Å². The number of ether oxygens (including phenoxy) is 1. The summed E-state index contributed by atoms with van der Waals surface area (Å²) in [6.07, 6.45) is 2.56. The Morgan fingerprint density at radius 3 is 2.70 bits per heavy atom. The third kappa shape index (κ3) is 4.76. The van der Waals surface area contributed by atoms with Crippen LogP contribution in [0.5, 0.6) is 5.75 Å². The maximum Gasteiger partial charge on any atom is 0.223 e. The van der Waals surface area contributed by atoms with E-state index in [9.17, 15) is 4.79 Å². The fourth-order valence-corrected chi connectivity index (χ4v) is 3.78. The molecular formula is C23H24ClN3O3. The van der Waals surface area contributed by atoms with Gasteiger partial charge in [-0.15, -0.1) is 0 Å². The van der Waals surface area contributed by atoms with Crippen molar-refractivity contribution in [1.29, 1.82) is 0 Å².